The van der Waals surface area contributed by atoms with Crippen molar-refractivity contribution in [2.75, 3.05) is 23.1 Å². The monoisotopic (exact) mass is 624 g/mol. The quantitative estimate of drug-likeness (QED) is 0.237. The molecule has 44 heavy (non-hydrogen) atoms. The molecule has 0 atom stereocenters. The van der Waals surface area contributed by atoms with Crippen LogP contribution in [-0.4, -0.2) is 51.1 Å². The number of nitrogens with one attached hydrogen (secondary N) is 1. The summed E-state index contributed by atoms with van der Waals surface area (Å²) in [7, 11) is 1.44. The van der Waals surface area contributed by atoms with Crippen molar-refractivity contribution in [3.63, 3.8) is 0 Å². The molecule has 3 aromatic carbocycles. The first-order valence-electron chi connectivity index (χ1n) is 13.3. The Morgan fingerprint density at radius 2 is 1.84 bits per heavy atom. The van der Waals surface area contributed by atoms with Gasteiger partial charge in [0.05, 0.1) is 29.9 Å². The van der Waals surface area contributed by atoms with Gasteiger partial charge in [0.25, 0.3) is 0 Å². The summed E-state index contributed by atoms with van der Waals surface area (Å²) in [6, 6.07) is 15.3. The van der Waals surface area contributed by atoms with Gasteiger partial charge in [-0.3, -0.25) is 9.69 Å². The van der Waals surface area contributed by atoms with E-state index in [-0.39, 0.29) is 28.5 Å². The van der Waals surface area contributed by atoms with Crippen molar-refractivity contribution in [3.8, 4) is 28.6 Å². The maximum absolute atomic E-state index is 13.0. The van der Waals surface area contributed by atoms with Crippen LogP contribution in [0.3, 0.4) is 0 Å². The maximum atomic E-state index is 13.0. The summed E-state index contributed by atoms with van der Waals surface area (Å²) in [5, 5.41) is 7.39. The number of carbonyl (C=O) groups excluding carboxylic acids is 2. The molecule has 1 aliphatic heterocycles. The van der Waals surface area contributed by atoms with Crippen molar-refractivity contribution in [3.05, 3.63) is 78.1 Å². The fraction of sp³-hybridized carbons (Fsp3) is 0.233. The van der Waals surface area contributed by atoms with Crippen molar-refractivity contribution in [2.45, 2.75) is 33.1 Å². The third kappa shape index (κ3) is 6.86. The molecule has 1 aromatic heterocycles. The van der Waals surface area contributed by atoms with Gasteiger partial charge in [0.1, 0.15) is 17.8 Å². The number of benzene rings is 3. The predicted molar refractivity (Wildman–Crippen MR) is 162 cm³/mol. The minimum absolute atomic E-state index is 0.154. The normalized spacial score (nSPS) is 14.4. The summed E-state index contributed by atoms with van der Waals surface area (Å²) < 4.78 is 48.1. The molecule has 3 amide bonds. The third-order valence-corrected chi connectivity index (χ3v) is 7.46. The first-order chi connectivity index (χ1) is 20.9. The van der Waals surface area contributed by atoms with Crippen LogP contribution >= 0.6 is 11.8 Å². The fourth-order valence-electron chi connectivity index (χ4n) is 4.50. The number of amides is 3. The first-order valence-corrected chi connectivity index (χ1v) is 14.3. The average Bonchev–Trinajstić information content (AvgIpc) is 3.59. The Morgan fingerprint density at radius 3 is 2.52 bits per heavy atom. The largest absolute Gasteiger partial charge is 0.573 e. The standard InChI is InChI=1S/C30H27F3N6O4S/c1-17(2)22-11-5-18(3)13-24(22)39-26(40)15-44-29(39)36-28(41)35-23-12-6-19(14-25(23)42-4)27-34-16-38(37-27)20-7-9-21(10-8-20)43-30(31,32)33/h5-14,16-17H,15H2,1-4H3,(H,35,41)/b36-29-. The molecule has 0 spiro atoms. The third-order valence-electron chi connectivity index (χ3n) is 6.54. The molecule has 1 fully saturated rings. The summed E-state index contributed by atoms with van der Waals surface area (Å²) in [6.45, 7) is 6.01. The highest BCUT2D eigenvalue weighted by atomic mass is 32.2. The summed E-state index contributed by atoms with van der Waals surface area (Å²) in [4.78, 5) is 35.9. The summed E-state index contributed by atoms with van der Waals surface area (Å²) in [5.74, 6) is 0.437. The van der Waals surface area contributed by atoms with E-state index in [1.807, 2.05) is 39.0 Å². The van der Waals surface area contributed by atoms with Gasteiger partial charge in [-0.25, -0.2) is 14.5 Å². The zero-order valence-corrected chi connectivity index (χ0v) is 24.9. The van der Waals surface area contributed by atoms with Gasteiger partial charge >= 0.3 is 12.4 Å². The molecule has 5 rings (SSSR count). The molecule has 1 aliphatic rings. The van der Waals surface area contributed by atoms with Gasteiger partial charge < -0.3 is 14.8 Å². The highest BCUT2D eigenvalue weighted by molar-refractivity contribution is 8.15. The van der Waals surface area contributed by atoms with Crippen LogP contribution in [0, 0.1) is 6.92 Å². The number of halogens is 3. The van der Waals surface area contributed by atoms with E-state index in [1.54, 1.807) is 18.2 Å². The van der Waals surface area contributed by atoms with Crippen LogP contribution < -0.4 is 19.7 Å². The molecule has 0 aliphatic carbocycles. The Kier molecular flexibility index (Phi) is 8.63. The zero-order chi connectivity index (χ0) is 31.6. The molecular weight excluding hydrogens is 597 g/mol. The Morgan fingerprint density at radius 1 is 1.09 bits per heavy atom. The van der Waals surface area contributed by atoms with Gasteiger partial charge in [0.2, 0.25) is 5.91 Å². The fourth-order valence-corrected chi connectivity index (χ4v) is 5.36. The Labute approximate surface area is 254 Å². The summed E-state index contributed by atoms with van der Waals surface area (Å²) >= 11 is 1.19. The summed E-state index contributed by atoms with van der Waals surface area (Å²) in [6.07, 6.45) is -3.37. The van der Waals surface area contributed by atoms with Crippen LogP contribution in [0.2, 0.25) is 0 Å². The van der Waals surface area contributed by atoms with Crippen LogP contribution in [-0.2, 0) is 4.79 Å². The maximum Gasteiger partial charge on any atom is 0.573 e. The van der Waals surface area contributed by atoms with Crippen LogP contribution in [0.25, 0.3) is 17.1 Å². The molecule has 4 aromatic rings. The molecule has 10 nitrogen and oxygen atoms in total. The number of hydrogen-bond donors (Lipinski definition) is 1. The van der Waals surface area contributed by atoms with Gasteiger partial charge in [-0.2, -0.15) is 4.99 Å². The molecule has 1 N–H and O–H groups in total. The minimum Gasteiger partial charge on any atom is -0.495 e. The lowest BCUT2D eigenvalue weighted by Crippen LogP contribution is -2.31. The number of aliphatic imine (C=N–C) groups is 1. The number of aryl methyl sites for hydroxylation is 1. The molecule has 228 valence electrons. The number of amidine groups is 1. The number of methoxy groups -OCH3 is 1. The Balaban J connectivity index is 1.33. The van der Waals surface area contributed by atoms with Gasteiger partial charge in [-0.05, 0) is 72.5 Å². The number of thioether (sulfide) groups is 1. The van der Waals surface area contributed by atoms with E-state index in [0.29, 0.717) is 34.2 Å². The average molecular weight is 625 g/mol. The molecule has 0 radical (unpaired) electrons. The highest BCUT2D eigenvalue weighted by Crippen LogP contribution is 2.35. The van der Waals surface area contributed by atoms with Crippen LogP contribution in [0.1, 0.15) is 30.9 Å². The number of ether oxygens (including phenoxy) is 2. The molecule has 0 unspecified atom stereocenters. The number of carbonyl (C=O) groups is 2. The van der Waals surface area contributed by atoms with E-state index in [4.69, 9.17) is 4.74 Å². The highest BCUT2D eigenvalue weighted by Gasteiger charge is 2.33. The smallest absolute Gasteiger partial charge is 0.495 e. The predicted octanol–water partition coefficient (Wildman–Crippen LogP) is 6.94. The SMILES string of the molecule is COc1cc(-c2ncn(-c3ccc(OC(F)(F)F)cc3)n2)ccc1NC(=O)/N=C1\SCC(=O)N1c1cc(C)ccc1C(C)C. The molecule has 0 saturated carbocycles. The molecular formula is C30H27F3N6O4S. The van der Waals surface area contributed by atoms with E-state index in [0.717, 1.165) is 11.1 Å². The molecule has 0 bridgehead atoms. The first kappa shape index (κ1) is 30.6. The second-order valence-electron chi connectivity index (χ2n) is 10.0. The van der Waals surface area contributed by atoms with Gasteiger partial charge in [-0.1, -0.05) is 37.7 Å². The van der Waals surface area contributed by atoms with Crippen LogP contribution in [0.5, 0.6) is 11.5 Å². The number of rotatable bonds is 7. The number of nitrogens with zero attached hydrogens (tertiary/aromatic N) is 5. The number of hydrogen-bond acceptors (Lipinski definition) is 7. The summed E-state index contributed by atoms with van der Waals surface area (Å²) in [5.41, 5.74) is 4.03. The molecule has 1 saturated heterocycles. The van der Waals surface area contributed by atoms with Crippen molar-refractivity contribution < 1.29 is 32.2 Å². The van der Waals surface area contributed by atoms with E-state index in [9.17, 15) is 22.8 Å². The second-order valence-corrected chi connectivity index (χ2v) is 11.0. The number of alkyl halides is 3. The van der Waals surface area contributed by atoms with Gasteiger partial charge in [0.15, 0.2) is 11.0 Å². The lowest BCUT2D eigenvalue weighted by molar-refractivity contribution is -0.274. The Bertz CT molecular complexity index is 1740. The lowest BCUT2D eigenvalue weighted by atomic mass is 9.99. The van der Waals surface area contributed by atoms with Crippen molar-refractivity contribution in [2.24, 2.45) is 4.99 Å². The number of anilines is 2. The number of aromatic nitrogens is 3. The van der Waals surface area contributed by atoms with Gasteiger partial charge in [0, 0.05) is 5.56 Å². The van der Waals surface area contributed by atoms with Crippen molar-refractivity contribution >= 4 is 40.2 Å². The van der Waals surface area contributed by atoms with Crippen LogP contribution in [0.15, 0.2) is 72.0 Å². The van der Waals surface area contributed by atoms with Crippen molar-refractivity contribution in [1.82, 2.24) is 14.8 Å². The topological polar surface area (TPSA) is 111 Å². The number of urea groups is 1. The lowest BCUT2D eigenvalue weighted by Gasteiger charge is -2.22. The van der Waals surface area contributed by atoms with Gasteiger partial charge in [-0.15, -0.1) is 18.3 Å². The Hall–Kier alpha value is -4.85. The second kappa shape index (κ2) is 12.4. The van der Waals surface area contributed by atoms with Crippen molar-refractivity contribution in [1.29, 1.82) is 0 Å². The van der Waals surface area contributed by atoms with E-state index < -0.39 is 12.4 Å². The van der Waals surface area contributed by atoms with E-state index >= 15 is 0 Å². The molecule has 14 heteroatoms. The van der Waals surface area contributed by atoms with E-state index in [2.05, 4.69) is 25.1 Å². The van der Waals surface area contributed by atoms with E-state index in [1.165, 1.54) is 59.0 Å². The molecule has 2 heterocycles. The minimum atomic E-state index is -4.78. The zero-order valence-electron chi connectivity index (χ0n) is 24.0. The van der Waals surface area contributed by atoms with Crippen LogP contribution in [0.4, 0.5) is 29.3 Å².